The summed E-state index contributed by atoms with van der Waals surface area (Å²) < 4.78 is 0. The van der Waals surface area contributed by atoms with Crippen molar-refractivity contribution in [2.45, 2.75) is 19.3 Å². The van der Waals surface area contributed by atoms with Crippen molar-refractivity contribution in [3.63, 3.8) is 0 Å². The zero-order valence-electron chi connectivity index (χ0n) is 5.64. The van der Waals surface area contributed by atoms with Crippen molar-refractivity contribution in [3.05, 3.63) is 12.2 Å². The molecule has 0 aromatic carbocycles. The van der Waals surface area contributed by atoms with Crippen LogP contribution in [0, 0.1) is 12.3 Å². The molecule has 0 aliphatic heterocycles. The van der Waals surface area contributed by atoms with E-state index in [2.05, 4.69) is 18.1 Å². The van der Waals surface area contributed by atoms with E-state index >= 15 is 0 Å². The molecule has 1 nitrogen and oxygen atoms in total. The fourth-order valence-electron chi connectivity index (χ4n) is 0.499. The van der Waals surface area contributed by atoms with Gasteiger partial charge in [0.25, 0.3) is 0 Å². The van der Waals surface area contributed by atoms with Gasteiger partial charge < -0.3 is 5.73 Å². The monoisotopic (exact) mass is 123 g/mol. The molecule has 0 spiro atoms. The standard InChI is InChI=1S/C8H13N/c1-2-3-4-5-6-7-8-9/h1,5-6H,3-4,7-9H2. The molecule has 0 aliphatic rings. The summed E-state index contributed by atoms with van der Waals surface area (Å²) in [4.78, 5) is 0. The van der Waals surface area contributed by atoms with Crippen LogP contribution >= 0.6 is 0 Å². The molecule has 2 N–H and O–H groups in total. The summed E-state index contributed by atoms with van der Waals surface area (Å²) >= 11 is 0. The first kappa shape index (κ1) is 8.26. The van der Waals surface area contributed by atoms with Gasteiger partial charge in [-0.25, -0.2) is 0 Å². The Kier molecular flexibility index (Phi) is 6.66. The molecule has 0 aromatic heterocycles. The molecule has 0 saturated heterocycles. The van der Waals surface area contributed by atoms with E-state index in [1.54, 1.807) is 0 Å². The Morgan fingerprint density at radius 3 is 2.56 bits per heavy atom. The van der Waals surface area contributed by atoms with Crippen LogP contribution in [0.3, 0.4) is 0 Å². The zero-order valence-corrected chi connectivity index (χ0v) is 5.64. The van der Waals surface area contributed by atoms with Gasteiger partial charge in [-0.1, -0.05) is 12.2 Å². The molecule has 0 fully saturated rings. The molecule has 0 rings (SSSR count). The second-order valence-electron chi connectivity index (χ2n) is 1.79. The maximum Gasteiger partial charge on any atom is 0.0121 e. The van der Waals surface area contributed by atoms with E-state index in [1.165, 1.54) is 0 Å². The summed E-state index contributed by atoms with van der Waals surface area (Å²) in [6, 6.07) is 0. The Morgan fingerprint density at radius 2 is 2.00 bits per heavy atom. The van der Waals surface area contributed by atoms with Gasteiger partial charge in [-0.2, -0.15) is 0 Å². The third-order valence-corrected chi connectivity index (χ3v) is 0.955. The Labute approximate surface area is 56.9 Å². The smallest absolute Gasteiger partial charge is 0.0121 e. The average Bonchev–Trinajstić information content (AvgIpc) is 1.89. The normalized spacial score (nSPS) is 9.78. The summed E-state index contributed by atoms with van der Waals surface area (Å²) in [6.07, 6.45) is 12.0. The lowest BCUT2D eigenvalue weighted by molar-refractivity contribution is 0.989. The van der Waals surface area contributed by atoms with E-state index in [9.17, 15) is 0 Å². The van der Waals surface area contributed by atoms with Crippen molar-refractivity contribution in [1.82, 2.24) is 0 Å². The summed E-state index contributed by atoms with van der Waals surface area (Å²) in [5.41, 5.74) is 5.25. The summed E-state index contributed by atoms with van der Waals surface area (Å²) in [5, 5.41) is 0. The molecule has 0 atom stereocenters. The second-order valence-corrected chi connectivity index (χ2v) is 1.79. The van der Waals surface area contributed by atoms with Crippen LogP contribution in [0.1, 0.15) is 19.3 Å². The van der Waals surface area contributed by atoms with Crippen LogP contribution < -0.4 is 5.73 Å². The maximum atomic E-state index is 5.25. The first-order valence-corrected chi connectivity index (χ1v) is 3.20. The van der Waals surface area contributed by atoms with Crippen LogP contribution in [0.2, 0.25) is 0 Å². The SMILES string of the molecule is C#CCCC=CCCN. The van der Waals surface area contributed by atoms with Crippen molar-refractivity contribution in [2.24, 2.45) is 5.73 Å². The Balaban J connectivity index is 2.97. The van der Waals surface area contributed by atoms with Crippen molar-refractivity contribution in [2.75, 3.05) is 6.54 Å². The lowest BCUT2D eigenvalue weighted by Gasteiger charge is -1.83. The highest BCUT2D eigenvalue weighted by atomic mass is 14.5. The molecule has 9 heavy (non-hydrogen) atoms. The molecule has 0 bridgehead atoms. The summed E-state index contributed by atoms with van der Waals surface area (Å²) in [5.74, 6) is 2.56. The van der Waals surface area contributed by atoms with Crippen LogP contribution in [0.25, 0.3) is 0 Å². The van der Waals surface area contributed by atoms with Crippen LogP contribution in [-0.4, -0.2) is 6.54 Å². The first-order chi connectivity index (χ1) is 4.41. The van der Waals surface area contributed by atoms with Gasteiger partial charge in [-0.05, 0) is 19.4 Å². The number of hydrogen-bond donors (Lipinski definition) is 1. The van der Waals surface area contributed by atoms with Crippen LogP contribution in [-0.2, 0) is 0 Å². The Morgan fingerprint density at radius 1 is 1.33 bits per heavy atom. The molecular formula is C8H13N. The van der Waals surface area contributed by atoms with Gasteiger partial charge in [-0.15, -0.1) is 12.3 Å². The molecule has 0 amide bonds. The minimum absolute atomic E-state index is 0.729. The molecule has 0 aromatic rings. The van der Waals surface area contributed by atoms with E-state index in [0.717, 1.165) is 25.8 Å². The van der Waals surface area contributed by atoms with Crippen LogP contribution in [0.5, 0.6) is 0 Å². The average molecular weight is 123 g/mol. The minimum atomic E-state index is 0.729. The minimum Gasteiger partial charge on any atom is -0.330 e. The number of rotatable bonds is 4. The van der Waals surface area contributed by atoms with Gasteiger partial charge in [0, 0.05) is 6.42 Å². The molecule has 50 valence electrons. The number of unbranched alkanes of at least 4 members (excludes halogenated alkanes) is 1. The van der Waals surface area contributed by atoms with Gasteiger partial charge in [-0.3, -0.25) is 0 Å². The van der Waals surface area contributed by atoms with E-state index in [-0.39, 0.29) is 0 Å². The van der Waals surface area contributed by atoms with E-state index < -0.39 is 0 Å². The van der Waals surface area contributed by atoms with Gasteiger partial charge >= 0.3 is 0 Å². The van der Waals surface area contributed by atoms with Gasteiger partial charge in [0.15, 0.2) is 0 Å². The number of hydrogen-bond acceptors (Lipinski definition) is 1. The van der Waals surface area contributed by atoms with Crippen molar-refractivity contribution >= 4 is 0 Å². The van der Waals surface area contributed by atoms with E-state index in [0.29, 0.717) is 0 Å². The molecule has 0 aliphatic carbocycles. The van der Waals surface area contributed by atoms with Crippen LogP contribution in [0.4, 0.5) is 0 Å². The fourth-order valence-corrected chi connectivity index (χ4v) is 0.499. The molecule has 0 saturated carbocycles. The van der Waals surface area contributed by atoms with Crippen molar-refractivity contribution in [3.8, 4) is 12.3 Å². The van der Waals surface area contributed by atoms with Gasteiger partial charge in [0.2, 0.25) is 0 Å². The largest absolute Gasteiger partial charge is 0.330 e. The second kappa shape index (κ2) is 7.26. The lowest BCUT2D eigenvalue weighted by Crippen LogP contribution is -1.94. The molecular weight excluding hydrogens is 110 g/mol. The quantitative estimate of drug-likeness (QED) is 0.340. The molecule has 0 unspecified atom stereocenters. The Bertz CT molecular complexity index is 108. The Hall–Kier alpha value is -0.740. The third-order valence-electron chi connectivity index (χ3n) is 0.955. The van der Waals surface area contributed by atoms with Gasteiger partial charge in [0.05, 0.1) is 0 Å². The highest BCUT2D eigenvalue weighted by Crippen LogP contribution is 1.89. The lowest BCUT2D eigenvalue weighted by atomic mass is 10.3. The molecule has 1 heteroatoms. The number of allylic oxidation sites excluding steroid dienone is 1. The van der Waals surface area contributed by atoms with E-state index in [1.807, 2.05) is 0 Å². The number of nitrogens with two attached hydrogens (primary N) is 1. The third kappa shape index (κ3) is 7.26. The maximum absolute atomic E-state index is 5.25. The molecule has 0 heterocycles. The zero-order chi connectivity index (χ0) is 6.95. The highest BCUT2D eigenvalue weighted by Gasteiger charge is 1.74. The van der Waals surface area contributed by atoms with E-state index in [4.69, 9.17) is 12.2 Å². The summed E-state index contributed by atoms with van der Waals surface area (Å²) in [6.45, 7) is 0.729. The highest BCUT2D eigenvalue weighted by molar-refractivity contribution is 4.90. The summed E-state index contributed by atoms with van der Waals surface area (Å²) in [7, 11) is 0. The molecule has 0 radical (unpaired) electrons. The van der Waals surface area contributed by atoms with Gasteiger partial charge in [0.1, 0.15) is 0 Å². The fraction of sp³-hybridized carbons (Fsp3) is 0.500. The first-order valence-electron chi connectivity index (χ1n) is 3.20. The van der Waals surface area contributed by atoms with Crippen molar-refractivity contribution in [1.29, 1.82) is 0 Å². The number of terminal acetylenes is 1. The topological polar surface area (TPSA) is 26.0 Å². The predicted octanol–water partition coefficient (Wildman–Crippen LogP) is 1.30. The van der Waals surface area contributed by atoms with Crippen LogP contribution in [0.15, 0.2) is 12.2 Å². The predicted molar refractivity (Wildman–Crippen MR) is 40.9 cm³/mol. The van der Waals surface area contributed by atoms with Crippen molar-refractivity contribution < 1.29 is 0 Å².